The largest absolute Gasteiger partial charge is 0.0854 e. The molecule has 0 unspecified atom stereocenters. The van der Waals surface area contributed by atoms with Gasteiger partial charge in [-0.15, -0.1) is 0 Å². The van der Waals surface area contributed by atoms with Gasteiger partial charge in [-0.3, -0.25) is 0 Å². The van der Waals surface area contributed by atoms with Crippen molar-refractivity contribution in [3.8, 4) is 0 Å². The molecule has 0 saturated carbocycles. The molecule has 0 spiro atoms. The normalized spacial score (nSPS) is 14.9. The summed E-state index contributed by atoms with van der Waals surface area (Å²) in [4.78, 5) is 0. The van der Waals surface area contributed by atoms with Crippen LogP contribution < -0.4 is 0 Å². The summed E-state index contributed by atoms with van der Waals surface area (Å²) in [6.07, 6.45) is 2.16. The average Bonchev–Trinajstić information content (AvgIpc) is 1.76. The first-order chi connectivity index (χ1) is 2.50. The molecule has 0 fully saturated rings. The molecule has 0 radical (unpaired) electrons. The Balaban J connectivity index is 0. The summed E-state index contributed by atoms with van der Waals surface area (Å²) >= 11 is 0. The Morgan fingerprint density at radius 2 is 2.00 bits per heavy atom. The van der Waals surface area contributed by atoms with E-state index in [-0.39, 0.29) is 39.0 Å². The van der Waals surface area contributed by atoms with Gasteiger partial charge in [-0.05, 0) is 5.41 Å². The minimum Gasteiger partial charge on any atom is -0.0854 e. The average molecular weight is 235 g/mol. The van der Waals surface area contributed by atoms with Gasteiger partial charge in [0.05, 0.1) is 0 Å². The van der Waals surface area contributed by atoms with E-state index in [2.05, 4.69) is 11.5 Å². The van der Waals surface area contributed by atoms with Crippen LogP contribution in [0.3, 0.4) is 0 Å². The third kappa shape index (κ3) is 5.56. The fraction of sp³-hybridized carbons (Fsp3) is 0.333. The molecule has 0 aromatic rings. The molecule has 4 heteroatoms. The van der Waals surface area contributed by atoms with E-state index in [1.807, 2.05) is 21.6 Å². The van der Waals surface area contributed by atoms with Gasteiger partial charge in [0.1, 0.15) is 0 Å². The van der Waals surface area contributed by atoms with Crippen LogP contribution in [-0.2, 0) is 39.0 Å². The Labute approximate surface area is 77.2 Å². The van der Waals surface area contributed by atoms with Crippen molar-refractivity contribution >= 4 is 21.6 Å². The zero-order valence-corrected chi connectivity index (χ0v) is 11.7. The van der Waals surface area contributed by atoms with Crippen LogP contribution in [0.5, 0.6) is 0 Å². The van der Waals surface area contributed by atoms with Crippen molar-refractivity contribution < 1.29 is 39.0 Å². The molecule has 32 valence electrons. The van der Waals surface area contributed by atoms with E-state index in [0.717, 1.165) is 0 Å². The summed E-state index contributed by atoms with van der Waals surface area (Å²) in [5.41, 5.74) is 0. The number of hydrogen-bond acceptors (Lipinski definition) is 2. The first-order valence-corrected chi connectivity index (χ1v) is 3.81. The zero-order valence-electron chi connectivity index (χ0n) is 4.09. The second-order valence-electron chi connectivity index (χ2n) is 0.753. The molecular formula is C3H4S2Zn2. The van der Waals surface area contributed by atoms with Gasteiger partial charge in [-0.25, -0.2) is 0 Å². The molecule has 1 aliphatic rings. The maximum atomic E-state index is 2.16. The third-order valence-corrected chi connectivity index (χ3v) is 2.30. The van der Waals surface area contributed by atoms with Gasteiger partial charge in [0, 0.05) is 44.7 Å². The van der Waals surface area contributed by atoms with Crippen molar-refractivity contribution in [2.24, 2.45) is 0 Å². The standard InChI is InChI=1S/C3H4S2.2Zn/c1-2-4-5-3-1;;/h1-2H,3H2;;. The SMILES string of the molecule is C1=CSSC1.[Zn].[Zn]. The van der Waals surface area contributed by atoms with Gasteiger partial charge in [0.2, 0.25) is 0 Å². The molecular weight excluding hydrogens is 231 g/mol. The minimum absolute atomic E-state index is 0. The summed E-state index contributed by atoms with van der Waals surface area (Å²) in [6, 6.07) is 0. The predicted octanol–water partition coefficient (Wildman–Crippen LogP) is 1.89. The van der Waals surface area contributed by atoms with Crippen LogP contribution in [0.15, 0.2) is 11.5 Å². The summed E-state index contributed by atoms with van der Waals surface area (Å²) in [6.45, 7) is 0. The summed E-state index contributed by atoms with van der Waals surface area (Å²) in [5.74, 6) is 1.20. The van der Waals surface area contributed by atoms with E-state index in [9.17, 15) is 0 Å². The number of rotatable bonds is 0. The Morgan fingerprint density at radius 1 is 1.29 bits per heavy atom. The second-order valence-corrected chi connectivity index (χ2v) is 3.07. The topological polar surface area (TPSA) is 0 Å². The quantitative estimate of drug-likeness (QED) is 0.464. The van der Waals surface area contributed by atoms with Gasteiger partial charge < -0.3 is 0 Å². The summed E-state index contributed by atoms with van der Waals surface area (Å²) in [7, 11) is 3.69. The molecule has 1 heterocycles. The fourth-order valence-corrected chi connectivity index (χ4v) is 1.77. The van der Waals surface area contributed by atoms with Crippen LogP contribution in [0.1, 0.15) is 0 Å². The van der Waals surface area contributed by atoms with Crippen LogP contribution in [0.4, 0.5) is 0 Å². The second kappa shape index (κ2) is 7.69. The molecule has 1 rings (SSSR count). The number of hydrogen-bond donors (Lipinski definition) is 0. The van der Waals surface area contributed by atoms with Crippen LogP contribution in [0.25, 0.3) is 0 Å². The van der Waals surface area contributed by atoms with Crippen molar-refractivity contribution in [1.82, 2.24) is 0 Å². The van der Waals surface area contributed by atoms with Gasteiger partial charge in [-0.2, -0.15) is 0 Å². The van der Waals surface area contributed by atoms with Crippen molar-refractivity contribution in [3.05, 3.63) is 11.5 Å². The van der Waals surface area contributed by atoms with Crippen LogP contribution in [0.2, 0.25) is 0 Å². The predicted molar refractivity (Wildman–Crippen MR) is 29.2 cm³/mol. The zero-order chi connectivity index (χ0) is 3.54. The van der Waals surface area contributed by atoms with E-state index >= 15 is 0 Å². The van der Waals surface area contributed by atoms with Crippen molar-refractivity contribution in [2.75, 3.05) is 5.75 Å². The molecule has 0 N–H and O–H groups in total. The molecule has 0 aromatic carbocycles. The first-order valence-electron chi connectivity index (χ1n) is 1.43. The van der Waals surface area contributed by atoms with Crippen molar-refractivity contribution in [1.29, 1.82) is 0 Å². The maximum Gasteiger partial charge on any atom is 0.0229 e. The molecule has 0 nitrogen and oxygen atoms in total. The van der Waals surface area contributed by atoms with Crippen molar-refractivity contribution in [2.45, 2.75) is 0 Å². The van der Waals surface area contributed by atoms with Gasteiger partial charge >= 0.3 is 0 Å². The minimum atomic E-state index is 0. The van der Waals surface area contributed by atoms with Crippen LogP contribution in [0, 0.1) is 0 Å². The fourth-order valence-electron chi connectivity index (χ4n) is 0.196. The molecule has 0 aromatic heterocycles. The Bertz CT molecular complexity index is 48.9. The molecule has 7 heavy (non-hydrogen) atoms. The van der Waals surface area contributed by atoms with E-state index in [1.54, 1.807) is 0 Å². The summed E-state index contributed by atoms with van der Waals surface area (Å²) in [5, 5.41) is 2.12. The molecule has 0 saturated heterocycles. The third-order valence-electron chi connectivity index (χ3n) is 0.384. The molecule has 0 amide bonds. The van der Waals surface area contributed by atoms with Crippen LogP contribution >= 0.6 is 21.6 Å². The summed E-state index contributed by atoms with van der Waals surface area (Å²) < 4.78 is 0. The molecule has 0 bridgehead atoms. The Morgan fingerprint density at radius 3 is 2.14 bits per heavy atom. The van der Waals surface area contributed by atoms with E-state index in [0.29, 0.717) is 0 Å². The Hall–Kier alpha value is 1.69. The van der Waals surface area contributed by atoms with Gasteiger partial charge in [0.15, 0.2) is 0 Å². The maximum absolute atomic E-state index is 2.16. The van der Waals surface area contributed by atoms with E-state index in [4.69, 9.17) is 0 Å². The van der Waals surface area contributed by atoms with Crippen LogP contribution in [-0.4, -0.2) is 5.75 Å². The molecule has 1 aliphatic heterocycles. The van der Waals surface area contributed by atoms with E-state index < -0.39 is 0 Å². The van der Waals surface area contributed by atoms with Gasteiger partial charge in [-0.1, -0.05) is 27.7 Å². The monoisotopic (exact) mass is 232 g/mol. The smallest absolute Gasteiger partial charge is 0.0229 e. The first kappa shape index (κ1) is 11.5. The Kier molecular flexibility index (Phi) is 12.6. The van der Waals surface area contributed by atoms with Gasteiger partial charge in [0.25, 0.3) is 0 Å². The van der Waals surface area contributed by atoms with E-state index in [1.165, 1.54) is 5.75 Å². The van der Waals surface area contributed by atoms with Crippen molar-refractivity contribution in [3.63, 3.8) is 0 Å². The molecule has 0 aliphatic carbocycles. The molecule has 0 atom stereocenters.